The number of halogens is 3. The van der Waals surface area contributed by atoms with E-state index in [2.05, 4.69) is 15.0 Å². The van der Waals surface area contributed by atoms with E-state index in [1.165, 1.54) is 6.07 Å². The van der Waals surface area contributed by atoms with E-state index in [0.29, 0.717) is 22.4 Å². The minimum atomic E-state index is -2.83. The highest BCUT2D eigenvalue weighted by Crippen LogP contribution is 2.26. The molecule has 0 unspecified atom stereocenters. The standard InChI is InChI=1S/C13H8F3N3/c14-9-5-7(1-2-8(9)12(15)16)13-18-10-3-4-17-6-11(10)19-13/h1-6,12H,(H,18,19). The highest BCUT2D eigenvalue weighted by Gasteiger charge is 2.15. The van der Waals surface area contributed by atoms with Crippen LogP contribution in [0.2, 0.25) is 0 Å². The van der Waals surface area contributed by atoms with Crippen molar-refractivity contribution in [2.24, 2.45) is 0 Å². The summed E-state index contributed by atoms with van der Waals surface area (Å²) in [4.78, 5) is 11.1. The molecule has 96 valence electrons. The van der Waals surface area contributed by atoms with Crippen molar-refractivity contribution >= 4 is 11.0 Å². The fourth-order valence-corrected chi connectivity index (χ4v) is 1.85. The van der Waals surface area contributed by atoms with E-state index in [9.17, 15) is 13.2 Å². The Kier molecular flexibility index (Phi) is 2.70. The van der Waals surface area contributed by atoms with E-state index in [-0.39, 0.29) is 0 Å². The van der Waals surface area contributed by atoms with Gasteiger partial charge in [-0.25, -0.2) is 18.2 Å². The van der Waals surface area contributed by atoms with Gasteiger partial charge in [-0.05, 0) is 18.2 Å². The SMILES string of the molecule is Fc1cc(-c2nc3ccncc3[nH]2)ccc1C(F)F. The average molecular weight is 263 g/mol. The Hall–Kier alpha value is -2.37. The Morgan fingerprint density at radius 3 is 2.68 bits per heavy atom. The van der Waals surface area contributed by atoms with Crippen LogP contribution in [0.5, 0.6) is 0 Å². The number of hydrogen-bond donors (Lipinski definition) is 1. The van der Waals surface area contributed by atoms with Gasteiger partial charge in [0.05, 0.1) is 22.8 Å². The Balaban J connectivity index is 2.09. The molecule has 0 spiro atoms. The number of nitrogens with zero attached hydrogens (tertiary/aromatic N) is 2. The molecule has 6 heteroatoms. The molecular weight excluding hydrogens is 255 g/mol. The largest absolute Gasteiger partial charge is 0.337 e. The van der Waals surface area contributed by atoms with Gasteiger partial charge in [-0.3, -0.25) is 4.98 Å². The Labute approximate surface area is 106 Å². The molecule has 0 radical (unpaired) electrons. The third-order valence-corrected chi connectivity index (χ3v) is 2.79. The molecule has 0 amide bonds. The Morgan fingerprint density at radius 1 is 1.16 bits per heavy atom. The number of aromatic amines is 1. The van der Waals surface area contributed by atoms with E-state index in [1.54, 1.807) is 18.5 Å². The number of alkyl halides is 2. The number of imidazole rings is 1. The topological polar surface area (TPSA) is 41.6 Å². The molecule has 0 saturated heterocycles. The van der Waals surface area contributed by atoms with E-state index < -0.39 is 17.8 Å². The minimum absolute atomic E-state index is 0.415. The number of aromatic nitrogens is 3. The number of fused-ring (bicyclic) bond motifs is 1. The van der Waals surface area contributed by atoms with Crippen molar-refractivity contribution in [2.45, 2.75) is 6.43 Å². The zero-order valence-corrected chi connectivity index (χ0v) is 9.57. The third kappa shape index (κ3) is 2.05. The smallest absolute Gasteiger partial charge is 0.266 e. The summed E-state index contributed by atoms with van der Waals surface area (Å²) in [5, 5.41) is 0. The van der Waals surface area contributed by atoms with Crippen LogP contribution in [-0.2, 0) is 0 Å². The summed E-state index contributed by atoms with van der Waals surface area (Å²) in [6.45, 7) is 0. The number of pyridine rings is 1. The van der Waals surface area contributed by atoms with Crippen molar-refractivity contribution in [1.82, 2.24) is 15.0 Å². The molecule has 2 heterocycles. The lowest BCUT2D eigenvalue weighted by Crippen LogP contribution is -1.91. The van der Waals surface area contributed by atoms with Crippen LogP contribution in [0.15, 0.2) is 36.7 Å². The van der Waals surface area contributed by atoms with Crippen LogP contribution in [0.25, 0.3) is 22.4 Å². The predicted molar refractivity (Wildman–Crippen MR) is 64.2 cm³/mol. The molecular formula is C13H8F3N3. The molecule has 3 rings (SSSR count). The normalized spacial score (nSPS) is 11.4. The second-order valence-electron chi connectivity index (χ2n) is 4.02. The van der Waals surface area contributed by atoms with Gasteiger partial charge in [0.25, 0.3) is 6.43 Å². The van der Waals surface area contributed by atoms with Crippen LogP contribution in [0, 0.1) is 5.82 Å². The molecule has 0 fully saturated rings. The van der Waals surface area contributed by atoms with E-state index in [1.807, 2.05) is 0 Å². The summed E-state index contributed by atoms with van der Waals surface area (Å²) in [7, 11) is 0. The number of benzene rings is 1. The van der Waals surface area contributed by atoms with Crippen molar-refractivity contribution < 1.29 is 13.2 Å². The van der Waals surface area contributed by atoms with Crippen molar-refractivity contribution in [3.63, 3.8) is 0 Å². The first-order valence-corrected chi connectivity index (χ1v) is 5.53. The maximum absolute atomic E-state index is 13.5. The molecule has 2 aromatic heterocycles. The molecule has 3 nitrogen and oxygen atoms in total. The van der Waals surface area contributed by atoms with Gasteiger partial charge in [-0.2, -0.15) is 0 Å². The van der Waals surface area contributed by atoms with Gasteiger partial charge in [-0.15, -0.1) is 0 Å². The van der Waals surface area contributed by atoms with Gasteiger partial charge >= 0.3 is 0 Å². The highest BCUT2D eigenvalue weighted by atomic mass is 19.3. The van der Waals surface area contributed by atoms with E-state index in [0.717, 1.165) is 12.1 Å². The first kappa shape index (κ1) is 11.7. The Morgan fingerprint density at radius 2 is 2.00 bits per heavy atom. The van der Waals surface area contributed by atoms with Crippen LogP contribution in [0.4, 0.5) is 13.2 Å². The molecule has 0 aliphatic rings. The first-order valence-electron chi connectivity index (χ1n) is 5.53. The molecule has 0 atom stereocenters. The molecule has 1 N–H and O–H groups in total. The van der Waals surface area contributed by atoms with Gasteiger partial charge < -0.3 is 4.98 Å². The predicted octanol–water partition coefficient (Wildman–Crippen LogP) is 3.70. The van der Waals surface area contributed by atoms with Gasteiger partial charge in [0, 0.05) is 11.8 Å². The minimum Gasteiger partial charge on any atom is -0.337 e. The monoisotopic (exact) mass is 263 g/mol. The van der Waals surface area contributed by atoms with Crippen LogP contribution in [0.3, 0.4) is 0 Å². The van der Waals surface area contributed by atoms with E-state index in [4.69, 9.17) is 0 Å². The molecule has 19 heavy (non-hydrogen) atoms. The van der Waals surface area contributed by atoms with Crippen molar-refractivity contribution in [1.29, 1.82) is 0 Å². The van der Waals surface area contributed by atoms with Crippen molar-refractivity contribution in [2.75, 3.05) is 0 Å². The third-order valence-electron chi connectivity index (χ3n) is 2.79. The Bertz CT molecular complexity index is 704. The van der Waals surface area contributed by atoms with Gasteiger partial charge in [0.1, 0.15) is 11.6 Å². The maximum Gasteiger partial charge on any atom is 0.266 e. The van der Waals surface area contributed by atoms with Crippen molar-refractivity contribution in [3.8, 4) is 11.4 Å². The summed E-state index contributed by atoms with van der Waals surface area (Å²) in [6.07, 6.45) is 0.359. The second-order valence-corrected chi connectivity index (χ2v) is 4.02. The molecule has 0 aliphatic heterocycles. The van der Waals surface area contributed by atoms with Crippen molar-refractivity contribution in [3.05, 3.63) is 48.0 Å². The lowest BCUT2D eigenvalue weighted by Gasteiger charge is -2.03. The van der Waals surface area contributed by atoms with Crippen LogP contribution >= 0.6 is 0 Å². The summed E-state index contributed by atoms with van der Waals surface area (Å²) < 4.78 is 38.4. The van der Waals surface area contributed by atoms with Crippen LogP contribution in [0.1, 0.15) is 12.0 Å². The number of nitrogens with one attached hydrogen (secondary N) is 1. The quantitative estimate of drug-likeness (QED) is 0.765. The highest BCUT2D eigenvalue weighted by molar-refractivity contribution is 5.78. The summed E-state index contributed by atoms with van der Waals surface area (Å²) >= 11 is 0. The molecule has 0 saturated carbocycles. The summed E-state index contributed by atoms with van der Waals surface area (Å²) in [6, 6.07) is 5.24. The molecule has 0 bridgehead atoms. The number of hydrogen-bond acceptors (Lipinski definition) is 2. The fourth-order valence-electron chi connectivity index (χ4n) is 1.85. The summed E-state index contributed by atoms with van der Waals surface area (Å²) in [5.74, 6) is -0.520. The van der Waals surface area contributed by atoms with Gasteiger partial charge in [-0.1, -0.05) is 6.07 Å². The van der Waals surface area contributed by atoms with E-state index >= 15 is 0 Å². The molecule has 3 aromatic rings. The van der Waals surface area contributed by atoms with Crippen LogP contribution < -0.4 is 0 Å². The maximum atomic E-state index is 13.5. The second kappa shape index (κ2) is 4.38. The molecule has 1 aromatic carbocycles. The van der Waals surface area contributed by atoms with Gasteiger partial charge in [0.15, 0.2) is 0 Å². The summed E-state index contributed by atoms with van der Waals surface area (Å²) in [5.41, 5.74) is 1.19. The van der Waals surface area contributed by atoms with Crippen LogP contribution in [-0.4, -0.2) is 15.0 Å². The number of rotatable bonds is 2. The first-order chi connectivity index (χ1) is 9.15. The molecule has 0 aliphatic carbocycles. The average Bonchev–Trinajstić information content (AvgIpc) is 2.81. The fraction of sp³-hybridized carbons (Fsp3) is 0.0769. The lowest BCUT2D eigenvalue weighted by molar-refractivity contribution is 0.146. The van der Waals surface area contributed by atoms with Gasteiger partial charge in [0.2, 0.25) is 0 Å². The lowest BCUT2D eigenvalue weighted by atomic mass is 10.1. The number of H-pyrrole nitrogens is 1. The zero-order chi connectivity index (χ0) is 13.4. The zero-order valence-electron chi connectivity index (χ0n) is 9.57.